The van der Waals surface area contributed by atoms with Crippen molar-refractivity contribution in [3.63, 3.8) is 0 Å². The fourth-order valence-corrected chi connectivity index (χ4v) is 6.17. The molecule has 2 N–H and O–H groups in total. The average Bonchev–Trinajstić information content (AvgIpc) is 2.82. The average molecular weight is 407 g/mol. The highest BCUT2D eigenvalue weighted by molar-refractivity contribution is 14.1. The topological polar surface area (TPSA) is 43.1 Å². The summed E-state index contributed by atoms with van der Waals surface area (Å²) in [6.45, 7) is 2.48. The Morgan fingerprint density at radius 2 is 2.18 bits per heavy atom. The number of rotatable bonds is 1. The maximum absolute atomic E-state index is 11.4. The smallest absolute Gasteiger partial charge is 0.248 e. The fourth-order valence-electron chi connectivity index (χ4n) is 5.25. The molecule has 1 saturated carbocycles. The van der Waals surface area contributed by atoms with Crippen LogP contribution in [0.25, 0.3) is 0 Å². The van der Waals surface area contributed by atoms with E-state index in [1.165, 1.54) is 36.8 Å². The van der Waals surface area contributed by atoms with Gasteiger partial charge in [-0.3, -0.25) is 4.79 Å². The Hall–Kier alpha value is -0.840. The van der Waals surface area contributed by atoms with Crippen LogP contribution in [0.3, 0.4) is 0 Å². The van der Waals surface area contributed by atoms with Crippen LogP contribution in [0.1, 0.15) is 60.0 Å². The number of aryl methyl sites for hydroxylation is 1. The molecule has 0 aromatic heterocycles. The highest BCUT2D eigenvalue weighted by Crippen LogP contribution is 2.62. The molecule has 3 aliphatic rings. The maximum atomic E-state index is 11.4. The van der Waals surface area contributed by atoms with Gasteiger partial charge in [0.25, 0.3) is 0 Å². The molecule has 1 aromatic rings. The van der Waals surface area contributed by atoms with Gasteiger partial charge in [-0.2, -0.15) is 0 Å². The van der Waals surface area contributed by atoms with Crippen LogP contribution in [0, 0.1) is 17.3 Å². The molecule has 0 saturated heterocycles. The van der Waals surface area contributed by atoms with Crippen molar-refractivity contribution in [2.45, 2.75) is 44.9 Å². The number of amides is 1. The minimum atomic E-state index is -0.310. The normalized spacial score (nSPS) is 36.1. The molecule has 4 rings (SSSR count). The molecular weight excluding hydrogens is 385 g/mol. The van der Waals surface area contributed by atoms with E-state index >= 15 is 0 Å². The van der Waals surface area contributed by atoms with Gasteiger partial charge in [0.05, 0.1) is 0 Å². The molecule has 0 unspecified atom stereocenters. The molecule has 0 heterocycles. The van der Waals surface area contributed by atoms with E-state index in [9.17, 15) is 4.79 Å². The summed E-state index contributed by atoms with van der Waals surface area (Å²) in [5.74, 6) is 1.98. The van der Waals surface area contributed by atoms with E-state index in [1.807, 2.05) is 12.1 Å². The number of allylic oxidation sites excluding steroid dienone is 2. The maximum Gasteiger partial charge on any atom is 0.248 e. The summed E-state index contributed by atoms with van der Waals surface area (Å²) < 4.78 is 1.59. The zero-order valence-corrected chi connectivity index (χ0v) is 15.1. The molecule has 0 spiro atoms. The van der Waals surface area contributed by atoms with Crippen molar-refractivity contribution in [3.05, 3.63) is 44.5 Å². The van der Waals surface area contributed by atoms with E-state index in [-0.39, 0.29) is 5.91 Å². The molecule has 0 bridgehead atoms. The van der Waals surface area contributed by atoms with E-state index < -0.39 is 0 Å². The zero-order valence-electron chi connectivity index (χ0n) is 12.9. The van der Waals surface area contributed by atoms with Crippen LogP contribution in [0.2, 0.25) is 0 Å². The van der Waals surface area contributed by atoms with Crippen LogP contribution in [0.5, 0.6) is 0 Å². The third kappa shape index (κ3) is 2.00. The van der Waals surface area contributed by atoms with E-state index in [2.05, 4.69) is 41.7 Å². The van der Waals surface area contributed by atoms with Gasteiger partial charge in [-0.25, -0.2) is 0 Å². The summed E-state index contributed by atoms with van der Waals surface area (Å²) in [4.78, 5) is 11.4. The number of hydrogen-bond donors (Lipinski definition) is 1. The van der Waals surface area contributed by atoms with Crippen LogP contribution in [-0.4, -0.2) is 5.91 Å². The summed E-state index contributed by atoms with van der Waals surface area (Å²) >= 11 is 2.57. The quantitative estimate of drug-likeness (QED) is 0.681. The molecule has 0 radical (unpaired) electrons. The Balaban J connectivity index is 1.69. The molecule has 1 aromatic carbocycles. The minimum absolute atomic E-state index is 0.310. The van der Waals surface area contributed by atoms with E-state index in [0.717, 1.165) is 18.3 Å². The molecule has 3 heteroatoms. The standard InChI is InChI=1S/C19H22INO/c1-19-9-8-14-13-4-3-12(18(21)22)10-11(13)2-5-15(14)16(19)6-7-17(19)20/h3-4,7,10,14-16H,2,5-6,8-9H2,1H3,(H2,21,22)/t14-,15-,16+,19+/m1/s1. The molecule has 0 aliphatic heterocycles. The molecule has 116 valence electrons. The molecule has 4 atom stereocenters. The lowest BCUT2D eigenvalue weighted by Crippen LogP contribution is -2.40. The van der Waals surface area contributed by atoms with Gasteiger partial charge in [-0.1, -0.05) is 19.1 Å². The zero-order chi connectivity index (χ0) is 15.5. The van der Waals surface area contributed by atoms with Crippen LogP contribution in [-0.2, 0) is 6.42 Å². The lowest BCUT2D eigenvalue weighted by Gasteiger charge is -2.49. The van der Waals surface area contributed by atoms with Crippen LogP contribution in [0.15, 0.2) is 27.9 Å². The summed E-state index contributed by atoms with van der Waals surface area (Å²) in [5, 5.41) is 0. The van der Waals surface area contributed by atoms with Crippen LogP contribution < -0.4 is 5.73 Å². The molecule has 1 fully saturated rings. The number of carbonyl (C=O) groups is 1. The van der Waals surface area contributed by atoms with Gasteiger partial charge in [-0.15, -0.1) is 0 Å². The van der Waals surface area contributed by atoms with E-state index in [0.29, 0.717) is 16.9 Å². The first-order valence-corrected chi connectivity index (χ1v) is 9.37. The second kappa shape index (κ2) is 5.08. The summed E-state index contributed by atoms with van der Waals surface area (Å²) in [7, 11) is 0. The Morgan fingerprint density at radius 3 is 2.95 bits per heavy atom. The summed E-state index contributed by atoms with van der Waals surface area (Å²) in [6.07, 6.45) is 8.66. The van der Waals surface area contributed by atoms with Crippen LogP contribution >= 0.6 is 22.6 Å². The third-order valence-corrected chi connectivity index (χ3v) is 8.17. The summed E-state index contributed by atoms with van der Waals surface area (Å²) in [5.41, 5.74) is 9.37. The van der Waals surface area contributed by atoms with Crippen molar-refractivity contribution in [3.8, 4) is 0 Å². The number of nitrogens with two attached hydrogens (primary N) is 1. The van der Waals surface area contributed by atoms with Crippen molar-refractivity contribution in [1.29, 1.82) is 0 Å². The molecule has 22 heavy (non-hydrogen) atoms. The second-order valence-electron chi connectivity index (χ2n) is 7.44. The van der Waals surface area contributed by atoms with Crippen molar-refractivity contribution >= 4 is 28.5 Å². The lowest BCUT2D eigenvalue weighted by atomic mass is 9.55. The number of benzene rings is 1. The van der Waals surface area contributed by atoms with Gasteiger partial charge in [0.1, 0.15) is 0 Å². The SMILES string of the molecule is C[C@]12CC[C@@H]3c4ccc(C(N)=O)cc4CC[C@H]3[C@@H]1CC=C2I. The van der Waals surface area contributed by atoms with Gasteiger partial charge < -0.3 is 5.73 Å². The molecule has 1 amide bonds. The monoisotopic (exact) mass is 407 g/mol. The number of halogens is 1. The molecule has 2 nitrogen and oxygen atoms in total. The molecular formula is C19H22INO. The number of hydrogen-bond acceptors (Lipinski definition) is 1. The largest absolute Gasteiger partial charge is 0.366 e. The van der Waals surface area contributed by atoms with Gasteiger partial charge in [0.2, 0.25) is 5.91 Å². The molecule has 3 aliphatic carbocycles. The summed E-state index contributed by atoms with van der Waals surface area (Å²) in [6, 6.07) is 6.15. The first-order valence-electron chi connectivity index (χ1n) is 8.29. The van der Waals surface area contributed by atoms with Crippen molar-refractivity contribution in [1.82, 2.24) is 0 Å². The van der Waals surface area contributed by atoms with Gasteiger partial charge in [-0.05, 0) is 99.3 Å². The first-order chi connectivity index (χ1) is 10.5. The number of primary amides is 1. The first kappa shape index (κ1) is 14.7. The number of carbonyl (C=O) groups excluding carboxylic acids is 1. The Bertz CT molecular complexity index is 680. The van der Waals surface area contributed by atoms with Gasteiger partial charge in [0, 0.05) is 11.0 Å². The Kier molecular flexibility index (Phi) is 3.40. The lowest BCUT2D eigenvalue weighted by molar-refractivity contribution is 0.0815. The fraction of sp³-hybridized carbons (Fsp3) is 0.526. The predicted molar refractivity (Wildman–Crippen MR) is 97.1 cm³/mol. The van der Waals surface area contributed by atoms with Crippen molar-refractivity contribution in [2.24, 2.45) is 23.0 Å². The number of fused-ring (bicyclic) bond motifs is 5. The van der Waals surface area contributed by atoms with E-state index in [1.54, 1.807) is 3.58 Å². The highest BCUT2D eigenvalue weighted by Gasteiger charge is 2.51. The van der Waals surface area contributed by atoms with E-state index in [4.69, 9.17) is 5.73 Å². The van der Waals surface area contributed by atoms with Crippen LogP contribution in [0.4, 0.5) is 0 Å². The highest BCUT2D eigenvalue weighted by atomic mass is 127. The minimum Gasteiger partial charge on any atom is -0.366 e. The van der Waals surface area contributed by atoms with Crippen molar-refractivity contribution < 1.29 is 4.79 Å². The predicted octanol–water partition coefficient (Wildman–Crippen LogP) is 4.57. The Morgan fingerprint density at radius 1 is 1.36 bits per heavy atom. The van der Waals surface area contributed by atoms with Gasteiger partial charge in [0.15, 0.2) is 0 Å². The Labute approximate surface area is 145 Å². The second-order valence-corrected chi connectivity index (χ2v) is 8.60. The van der Waals surface area contributed by atoms with Gasteiger partial charge >= 0.3 is 0 Å². The van der Waals surface area contributed by atoms with Crippen molar-refractivity contribution in [2.75, 3.05) is 0 Å². The third-order valence-electron chi connectivity index (χ3n) is 6.50.